The first-order valence-electron chi connectivity index (χ1n) is 7.73. The van der Waals surface area contributed by atoms with Gasteiger partial charge in [-0.15, -0.1) is 11.3 Å². The molecule has 3 N–H and O–H groups in total. The van der Waals surface area contributed by atoms with Crippen molar-refractivity contribution in [3.63, 3.8) is 0 Å². The zero-order chi connectivity index (χ0) is 19.4. The second-order valence-electron chi connectivity index (χ2n) is 5.87. The molecule has 2 rings (SSSR count). The Morgan fingerprint density at radius 1 is 1.31 bits per heavy atom. The van der Waals surface area contributed by atoms with Gasteiger partial charge >= 0.3 is 12.0 Å². The summed E-state index contributed by atoms with van der Waals surface area (Å²) in [5.41, 5.74) is 6.20. The summed E-state index contributed by atoms with van der Waals surface area (Å²) in [6.45, 7) is 5.06. The number of esters is 1. The molecule has 0 aliphatic rings. The number of ether oxygens (including phenoxy) is 1. The lowest BCUT2D eigenvalue weighted by molar-refractivity contribution is -0.130. The molecule has 0 spiro atoms. The molecule has 1 aromatic heterocycles. The van der Waals surface area contributed by atoms with E-state index >= 15 is 0 Å². The van der Waals surface area contributed by atoms with Gasteiger partial charge in [-0.1, -0.05) is 37.6 Å². The zero-order valence-electron chi connectivity index (χ0n) is 14.4. The van der Waals surface area contributed by atoms with E-state index in [1.807, 2.05) is 11.4 Å². The number of halogens is 1. The normalized spacial score (nSPS) is 11.9. The predicted octanol–water partition coefficient (Wildman–Crippen LogP) is 3.15. The Kier molecular flexibility index (Phi) is 6.33. The van der Waals surface area contributed by atoms with Crippen LogP contribution in [-0.4, -0.2) is 29.0 Å². The van der Waals surface area contributed by atoms with Gasteiger partial charge in [0.2, 0.25) is 0 Å². The Labute approximate surface area is 159 Å². The number of thiazole rings is 1. The van der Waals surface area contributed by atoms with E-state index in [9.17, 15) is 14.4 Å². The lowest BCUT2D eigenvalue weighted by Gasteiger charge is -2.19. The number of nitrogens with two attached hydrogens (primary N) is 1. The molecular weight excluding hydrogens is 378 g/mol. The number of nitrogens with zero attached hydrogens (tertiary/aromatic N) is 1. The van der Waals surface area contributed by atoms with E-state index < -0.39 is 24.0 Å². The first-order chi connectivity index (χ1) is 12.2. The van der Waals surface area contributed by atoms with Crippen molar-refractivity contribution in [2.45, 2.75) is 26.9 Å². The third-order valence-electron chi connectivity index (χ3n) is 3.40. The third kappa shape index (κ3) is 4.80. The van der Waals surface area contributed by atoms with Gasteiger partial charge < -0.3 is 10.5 Å². The summed E-state index contributed by atoms with van der Waals surface area (Å²) in [5, 5.41) is 3.10. The summed E-state index contributed by atoms with van der Waals surface area (Å²) in [7, 11) is 0. The molecule has 0 fully saturated rings. The highest BCUT2D eigenvalue weighted by molar-refractivity contribution is 7.17. The quantitative estimate of drug-likeness (QED) is 0.755. The summed E-state index contributed by atoms with van der Waals surface area (Å²) in [6.07, 6.45) is -1.15. The highest BCUT2D eigenvalue weighted by Crippen LogP contribution is 2.30. The van der Waals surface area contributed by atoms with Crippen LogP contribution in [0.2, 0.25) is 5.02 Å². The second-order valence-corrected chi connectivity index (χ2v) is 7.30. The van der Waals surface area contributed by atoms with Crippen molar-refractivity contribution in [3.8, 4) is 10.6 Å². The number of carbonyl (C=O) groups is 3. The van der Waals surface area contributed by atoms with Crippen LogP contribution < -0.4 is 11.1 Å². The Balaban J connectivity index is 2.23. The Morgan fingerprint density at radius 2 is 2.00 bits per heavy atom. The van der Waals surface area contributed by atoms with Gasteiger partial charge in [0.25, 0.3) is 5.91 Å². The molecule has 0 radical (unpaired) electrons. The van der Waals surface area contributed by atoms with Crippen LogP contribution in [0, 0.1) is 12.8 Å². The number of carbonyl (C=O) groups excluding carboxylic acids is 3. The number of hydrogen-bond acceptors (Lipinski definition) is 6. The molecule has 1 aromatic carbocycles. The van der Waals surface area contributed by atoms with E-state index in [0.717, 1.165) is 16.9 Å². The van der Waals surface area contributed by atoms with Crippen LogP contribution in [-0.2, 0) is 9.53 Å². The van der Waals surface area contributed by atoms with Crippen LogP contribution in [0.25, 0.3) is 10.6 Å². The van der Waals surface area contributed by atoms with E-state index in [1.54, 1.807) is 39.0 Å². The maximum atomic E-state index is 12.5. The average molecular weight is 396 g/mol. The minimum Gasteiger partial charge on any atom is -0.448 e. The number of benzene rings is 1. The van der Waals surface area contributed by atoms with E-state index in [0.29, 0.717) is 15.7 Å². The van der Waals surface area contributed by atoms with E-state index in [4.69, 9.17) is 22.1 Å². The molecule has 9 heteroatoms. The van der Waals surface area contributed by atoms with Crippen molar-refractivity contribution in [3.05, 3.63) is 39.9 Å². The molecule has 26 heavy (non-hydrogen) atoms. The second kappa shape index (κ2) is 8.29. The van der Waals surface area contributed by atoms with Gasteiger partial charge in [0.15, 0.2) is 6.10 Å². The van der Waals surface area contributed by atoms with Gasteiger partial charge in [-0.25, -0.2) is 14.6 Å². The number of nitrogens with one attached hydrogen (secondary N) is 1. The van der Waals surface area contributed by atoms with Crippen molar-refractivity contribution in [1.82, 2.24) is 10.3 Å². The molecule has 0 saturated carbocycles. The predicted molar refractivity (Wildman–Crippen MR) is 99.1 cm³/mol. The molecule has 7 nitrogen and oxygen atoms in total. The SMILES string of the molecule is Cc1nc(-c2cccc(Cl)c2)sc1C(=O)O[C@H](C(=O)NC(N)=O)C(C)C. The number of amides is 3. The summed E-state index contributed by atoms with van der Waals surface area (Å²) in [6, 6.07) is 6.09. The Morgan fingerprint density at radius 3 is 2.58 bits per heavy atom. The van der Waals surface area contributed by atoms with E-state index in [1.165, 1.54) is 0 Å². The van der Waals surface area contributed by atoms with Crippen LogP contribution in [0.15, 0.2) is 24.3 Å². The number of hydrogen-bond donors (Lipinski definition) is 2. The number of aryl methyl sites for hydroxylation is 1. The fourth-order valence-corrected chi connectivity index (χ4v) is 3.32. The van der Waals surface area contributed by atoms with Gasteiger partial charge in [-0.2, -0.15) is 0 Å². The molecule has 1 atom stereocenters. The van der Waals surface area contributed by atoms with Crippen LogP contribution in [0.3, 0.4) is 0 Å². The monoisotopic (exact) mass is 395 g/mol. The number of rotatable bonds is 5. The van der Waals surface area contributed by atoms with Gasteiger partial charge in [0.05, 0.1) is 5.69 Å². The minimum absolute atomic E-state index is 0.275. The van der Waals surface area contributed by atoms with E-state index in [2.05, 4.69) is 4.98 Å². The smallest absolute Gasteiger partial charge is 0.351 e. The highest BCUT2D eigenvalue weighted by Gasteiger charge is 2.29. The summed E-state index contributed by atoms with van der Waals surface area (Å²) in [4.78, 5) is 40.0. The largest absolute Gasteiger partial charge is 0.448 e. The lowest BCUT2D eigenvalue weighted by atomic mass is 10.1. The summed E-state index contributed by atoms with van der Waals surface area (Å²) in [5.74, 6) is -1.80. The molecule has 3 amide bonds. The average Bonchev–Trinajstić information content (AvgIpc) is 2.93. The lowest BCUT2D eigenvalue weighted by Crippen LogP contribution is -2.45. The van der Waals surface area contributed by atoms with Crippen LogP contribution in [0.4, 0.5) is 4.79 Å². The number of urea groups is 1. The number of aromatic nitrogens is 1. The van der Waals surface area contributed by atoms with Crippen LogP contribution in [0.5, 0.6) is 0 Å². The first kappa shape index (κ1) is 19.9. The van der Waals surface area contributed by atoms with Crippen molar-refractivity contribution < 1.29 is 19.1 Å². The van der Waals surface area contributed by atoms with Crippen molar-refractivity contribution >= 4 is 40.8 Å². The third-order valence-corrected chi connectivity index (χ3v) is 4.82. The topological polar surface area (TPSA) is 111 Å². The van der Waals surface area contributed by atoms with Crippen molar-refractivity contribution in [2.75, 3.05) is 0 Å². The maximum Gasteiger partial charge on any atom is 0.351 e. The maximum absolute atomic E-state index is 12.5. The molecule has 0 bridgehead atoms. The zero-order valence-corrected chi connectivity index (χ0v) is 16.0. The van der Waals surface area contributed by atoms with Crippen LogP contribution in [0.1, 0.15) is 29.2 Å². The molecule has 0 aliphatic heterocycles. The standard InChI is InChI=1S/C17H18ClN3O4S/c1-8(2)12(14(22)21-17(19)24)25-16(23)13-9(3)20-15(26-13)10-5-4-6-11(18)7-10/h4-8,12H,1-3H3,(H3,19,21,22,24)/t12-/m0/s1. The van der Waals surface area contributed by atoms with Gasteiger partial charge in [-0.3, -0.25) is 10.1 Å². The Bertz CT molecular complexity index is 850. The molecule has 138 valence electrons. The van der Waals surface area contributed by atoms with Crippen LogP contribution >= 0.6 is 22.9 Å². The minimum atomic E-state index is -1.15. The summed E-state index contributed by atoms with van der Waals surface area (Å²) < 4.78 is 5.30. The fraction of sp³-hybridized carbons (Fsp3) is 0.294. The van der Waals surface area contributed by atoms with Crippen molar-refractivity contribution in [1.29, 1.82) is 0 Å². The first-order valence-corrected chi connectivity index (χ1v) is 8.93. The highest BCUT2D eigenvalue weighted by atomic mass is 35.5. The van der Waals surface area contributed by atoms with Gasteiger partial charge in [0.1, 0.15) is 9.88 Å². The number of primary amides is 1. The Hall–Kier alpha value is -2.45. The molecule has 1 heterocycles. The van der Waals surface area contributed by atoms with Gasteiger partial charge in [-0.05, 0) is 25.0 Å². The van der Waals surface area contributed by atoms with Crippen molar-refractivity contribution in [2.24, 2.45) is 11.7 Å². The van der Waals surface area contributed by atoms with E-state index in [-0.39, 0.29) is 10.8 Å². The van der Waals surface area contributed by atoms with Gasteiger partial charge in [0, 0.05) is 10.6 Å². The number of imide groups is 1. The molecule has 2 aromatic rings. The molecular formula is C17H18ClN3O4S. The molecule has 0 saturated heterocycles. The molecule has 0 aliphatic carbocycles. The molecule has 0 unspecified atom stereocenters. The summed E-state index contributed by atoms with van der Waals surface area (Å²) >= 11 is 7.13. The fourth-order valence-electron chi connectivity index (χ4n) is 2.18.